The van der Waals surface area contributed by atoms with Gasteiger partial charge in [0.25, 0.3) is 0 Å². The fourth-order valence-corrected chi connectivity index (χ4v) is 1.82. The summed E-state index contributed by atoms with van der Waals surface area (Å²) in [6, 6.07) is 4.12. The molecule has 13 heavy (non-hydrogen) atoms. The van der Waals surface area contributed by atoms with Crippen LogP contribution in [0, 0.1) is 0 Å². The fraction of sp³-hybridized carbons (Fsp3) is 0.500. The molecule has 0 bridgehead atoms. The zero-order valence-corrected chi connectivity index (χ0v) is 9.14. The minimum absolute atomic E-state index is 0.0921. The van der Waals surface area contributed by atoms with Gasteiger partial charge in [0.05, 0.1) is 5.03 Å². The van der Waals surface area contributed by atoms with Gasteiger partial charge in [0, 0.05) is 17.5 Å². The van der Waals surface area contributed by atoms with Crippen LogP contribution in [0.5, 0.6) is 0 Å². The molecule has 0 aliphatic carbocycles. The predicted molar refractivity (Wildman–Crippen MR) is 57.8 cm³/mol. The lowest BCUT2D eigenvalue weighted by Crippen LogP contribution is -2.05. The molecule has 0 saturated carbocycles. The van der Waals surface area contributed by atoms with Gasteiger partial charge in [0.15, 0.2) is 0 Å². The van der Waals surface area contributed by atoms with Gasteiger partial charge in [0.1, 0.15) is 0 Å². The second kappa shape index (κ2) is 4.63. The zero-order valence-electron chi connectivity index (χ0n) is 8.32. The largest absolute Gasteiger partial charge is 0.324 e. The molecule has 0 aromatic carbocycles. The van der Waals surface area contributed by atoms with Crippen LogP contribution in [0.1, 0.15) is 32.4 Å². The number of rotatable bonds is 3. The summed E-state index contributed by atoms with van der Waals surface area (Å²) in [5, 5.41) is 1.63. The van der Waals surface area contributed by atoms with Crippen molar-refractivity contribution >= 4 is 11.8 Å². The first-order valence-corrected chi connectivity index (χ1v) is 5.35. The molecule has 0 radical (unpaired) electrons. The Balaban J connectivity index is 2.79. The number of nitrogens with zero attached hydrogens (tertiary/aromatic N) is 1. The van der Waals surface area contributed by atoms with E-state index >= 15 is 0 Å². The smallest absolute Gasteiger partial charge is 0.0965 e. The molecule has 0 amide bonds. The molecule has 1 unspecified atom stereocenters. The maximum atomic E-state index is 5.78. The fourth-order valence-electron chi connectivity index (χ4n) is 1.01. The Morgan fingerprint density at radius 1 is 1.38 bits per heavy atom. The van der Waals surface area contributed by atoms with E-state index in [1.165, 1.54) is 0 Å². The molecule has 1 heterocycles. The average molecular weight is 196 g/mol. The van der Waals surface area contributed by atoms with Crippen molar-refractivity contribution in [1.29, 1.82) is 0 Å². The maximum absolute atomic E-state index is 5.78. The minimum Gasteiger partial charge on any atom is -0.324 e. The van der Waals surface area contributed by atoms with Crippen molar-refractivity contribution in [2.24, 2.45) is 5.73 Å². The highest BCUT2D eigenvalue weighted by Gasteiger charge is 2.03. The zero-order chi connectivity index (χ0) is 9.84. The van der Waals surface area contributed by atoms with Crippen LogP contribution in [-0.2, 0) is 0 Å². The number of hydrogen-bond acceptors (Lipinski definition) is 3. The SMILES string of the molecule is CC(C)Sc1cc(C(C)N)ccn1. The van der Waals surface area contributed by atoms with Crippen LogP contribution >= 0.6 is 11.8 Å². The molecule has 0 aliphatic rings. The quantitative estimate of drug-likeness (QED) is 0.755. The van der Waals surface area contributed by atoms with Gasteiger partial charge in [-0.3, -0.25) is 0 Å². The van der Waals surface area contributed by atoms with Crippen molar-refractivity contribution in [2.75, 3.05) is 0 Å². The monoisotopic (exact) mass is 196 g/mol. The molecule has 72 valence electrons. The van der Waals surface area contributed by atoms with Crippen LogP contribution in [0.4, 0.5) is 0 Å². The van der Waals surface area contributed by atoms with Gasteiger partial charge in [0.2, 0.25) is 0 Å². The van der Waals surface area contributed by atoms with E-state index in [4.69, 9.17) is 5.73 Å². The molecule has 1 rings (SSSR count). The Hall–Kier alpha value is -0.540. The first kappa shape index (κ1) is 10.5. The van der Waals surface area contributed by atoms with Crippen LogP contribution in [0.15, 0.2) is 23.4 Å². The summed E-state index contributed by atoms with van der Waals surface area (Å²) in [5.74, 6) is 0. The Bertz CT molecular complexity index is 271. The summed E-state index contributed by atoms with van der Waals surface area (Å²) in [6.45, 7) is 6.30. The summed E-state index contributed by atoms with van der Waals surface area (Å²) in [6.07, 6.45) is 1.82. The molecule has 0 spiro atoms. The Labute approximate surface area is 83.9 Å². The van der Waals surface area contributed by atoms with Gasteiger partial charge in [-0.05, 0) is 24.6 Å². The average Bonchev–Trinajstić information content (AvgIpc) is 2.03. The van der Waals surface area contributed by atoms with Crippen LogP contribution in [0.2, 0.25) is 0 Å². The van der Waals surface area contributed by atoms with Crippen LogP contribution < -0.4 is 5.73 Å². The van der Waals surface area contributed by atoms with Crippen molar-refractivity contribution in [2.45, 2.75) is 37.1 Å². The maximum Gasteiger partial charge on any atom is 0.0965 e. The van der Waals surface area contributed by atoms with E-state index in [1.807, 2.05) is 19.2 Å². The molecule has 1 atom stereocenters. The number of nitrogens with two attached hydrogens (primary N) is 1. The Kier molecular flexibility index (Phi) is 3.75. The molecule has 0 aliphatic heterocycles. The summed E-state index contributed by atoms with van der Waals surface area (Å²) < 4.78 is 0. The van der Waals surface area contributed by atoms with Crippen LogP contribution in [-0.4, -0.2) is 10.2 Å². The van der Waals surface area contributed by atoms with Crippen LogP contribution in [0.3, 0.4) is 0 Å². The molecule has 3 heteroatoms. The van der Waals surface area contributed by atoms with Gasteiger partial charge in [-0.1, -0.05) is 13.8 Å². The lowest BCUT2D eigenvalue weighted by Gasteiger charge is -2.08. The minimum atomic E-state index is 0.0921. The first-order valence-electron chi connectivity index (χ1n) is 4.48. The van der Waals surface area contributed by atoms with Gasteiger partial charge < -0.3 is 5.73 Å². The third-order valence-corrected chi connectivity index (χ3v) is 2.58. The summed E-state index contributed by atoms with van der Waals surface area (Å²) >= 11 is 1.76. The van der Waals surface area contributed by atoms with Crippen molar-refractivity contribution in [3.8, 4) is 0 Å². The highest BCUT2D eigenvalue weighted by molar-refractivity contribution is 7.99. The number of pyridine rings is 1. The standard InChI is InChI=1S/C10H16N2S/c1-7(2)13-10-6-9(8(3)11)4-5-12-10/h4-8H,11H2,1-3H3. The second-order valence-electron chi connectivity index (χ2n) is 3.38. The van der Waals surface area contributed by atoms with E-state index in [1.54, 1.807) is 11.8 Å². The van der Waals surface area contributed by atoms with E-state index in [9.17, 15) is 0 Å². The Morgan fingerprint density at radius 3 is 2.62 bits per heavy atom. The van der Waals surface area contributed by atoms with Crippen molar-refractivity contribution in [3.63, 3.8) is 0 Å². The predicted octanol–water partition coefficient (Wildman–Crippen LogP) is 2.60. The third kappa shape index (κ3) is 3.36. The molecule has 0 fully saturated rings. The lowest BCUT2D eigenvalue weighted by molar-refractivity contribution is 0.808. The number of aromatic nitrogens is 1. The highest BCUT2D eigenvalue weighted by atomic mass is 32.2. The summed E-state index contributed by atoms with van der Waals surface area (Å²) in [5.41, 5.74) is 6.93. The van der Waals surface area contributed by atoms with E-state index in [-0.39, 0.29) is 6.04 Å². The molecule has 2 nitrogen and oxygen atoms in total. The van der Waals surface area contributed by atoms with E-state index < -0.39 is 0 Å². The Morgan fingerprint density at radius 2 is 2.08 bits per heavy atom. The van der Waals surface area contributed by atoms with Gasteiger partial charge in [-0.25, -0.2) is 4.98 Å². The van der Waals surface area contributed by atoms with E-state index in [0.717, 1.165) is 10.6 Å². The van der Waals surface area contributed by atoms with Gasteiger partial charge in [-0.15, -0.1) is 11.8 Å². The second-order valence-corrected chi connectivity index (χ2v) is 4.98. The van der Waals surface area contributed by atoms with Crippen molar-refractivity contribution < 1.29 is 0 Å². The molecule has 2 N–H and O–H groups in total. The molecular formula is C10H16N2S. The van der Waals surface area contributed by atoms with Gasteiger partial charge >= 0.3 is 0 Å². The molecule has 0 saturated heterocycles. The third-order valence-electron chi connectivity index (χ3n) is 1.64. The van der Waals surface area contributed by atoms with Crippen molar-refractivity contribution in [1.82, 2.24) is 4.98 Å². The normalized spacial score (nSPS) is 13.3. The molecular weight excluding hydrogens is 180 g/mol. The van der Waals surface area contributed by atoms with Gasteiger partial charge in [-0.2, -0.15) is 0 Å². The van der Waals surface area contributed by atoms with E-state index in [2.05, 4.69) is 24.9 Å². The van der Waals surface area contributed by atoms with Crippen molar-refractivity contribution in [3.05, 3.63) is 23.9 Å². The summed E-state index contributed by atoms with van der Waals surface area (Å²) in [4.78, 5) is 4.27. The van der Waals surface area contributed by atoms with E-state index in [0.29, 0.717) is 5.25 Å². The number of hydrogen-bond donors (Lipinski definition) is 1. The number of thioether (sulfide) groups is 1. The summed E-state index contributed by atoms with van der Waals surface area (Å²) in [7, 11) is 0. The van der Waals surface area contributed by atoms with Crippen LogP contribution in [0.25, 0.3) is 0 Å². The molecule has 1 aromatic rings. The topological polar surface area (TPSA) is 38.9 Å². The first-order chi connectivity index (χ1) is 6.09. The highest BCUT2D eigenvalue weighted by Crippen LogP contribution is 2.22. The molecule has 1 aromatic heterocycles. The lowest BCUT2D eigenvalue weighted by atomic mass is 10.1.